The quantitative estimate of drug-likeness (QED) is 0.521. The highest BCUT2D eigenvalue weighted by molar-refractivity contribution is 5.70. The smallest absolute Gasteiger partial charge is 0.278 e. The number of ether oxygens (including phenoxy) is 1. The van der Waals surface area contributed by atoms with Gasteiger partial charge in [-0.15, -0.1) is 0 Å². The molecule has 2 heterocycles. The van der Waals surface area contributed by atoms with E-state index < -0.39 is 6.04 Å². The normalized spacial score (nSPS) is 13.1. The van der Waals surface area contributed by atoms with Crippen molar-refractivity contribution in [3.8, 4) is 0 Å². The monoisotopic (exact) mass is 224 g/mol. The van der Waals surface area contributed by atoms with Gasteiger partial charge in [-0.05, 0) is 0 Å². The Bertz CT molecular complexity index is 559. The van der Waals surface area contributed by atoms with Crippen molar-refractivity contribution < 1.29 is 4.74 Å². The number of aromatic amines is 2. The summed E-state index contributed by atoms with van der Waals surface area (Å²) in [5.41, 5.74) is 11.3. The van der Waals surface area contributed by atoms with Crippen LogP contribution in [0.2, 0.25) is 0 Å². The van der Waals surface area contributed by atoms with E-state index >= 15 is 0 Å². The highest BCUT2D eigenvalue weighted by Crippen LogP contribution is 2.10. The van der Waals surface area contributed by atoms with E-state index in [0.29, 0.717) is 12.4 Å². The van der Waals surface area contributed by atoms with Crippen LogP contribution < -0.4 is 17.0 Å². The second-order valence-electron chi connectivity index (χ2n) is 3.33. The van der Waals surface area contributed by atoms with Gasteiger partial charge in [0, 0.05) is 7.11 Å². The number of hydrogen-bond donors (Lipinski definition) is 4. The van der Waals surface area contributed by atoms with Crippen LogP contribution in [0.3, 0.4) is 0 Å². The Morgan fingerprint density at radius 2 is 2.19 bits per heavy atom. The van der Waals surface area contributed by atoms with E-state index in [2.05, 4.69) is 19.9 Å². The third kappa shape index (κ3) is 1.75. The third-order valence-electron chi connectivity index (χ3n) is 2.10. The van der Waals surface area contributed by atoms with Crippen molar-refractivity contribution in [1.29, 1.82) is 0 Å². The van der Waals surface area contributed by atoms with Gasteiger partial charge >= 0.3 is 0 Å². The predicted molar refractivity (Wildman–Crippen MR) is 57.7 cm³/mol. The van der Waals surface area contributed by atoms with E-state index in [-0.39, 0.29) is 22.7 Å². The molecule has 2 aromatic rings. The number of anilines is 1. The fourth-order valence-corrected chi connectivity index (χ4v) is 1.38. The Morgan fingerprint density at radius 1 is 1.44 bits per heavy atom. The maximum atomic E-state index is 11.5. The van der Waals surface area contributed by atoms with Crippen LogP contribution in [-0.4, -0.2) is 33.7 Å². The van der Waals surface area contributed by atoms with Gasteiger partial charge in [0.25, 0.3) is 5.56 Å². The van der Waals surface area contributed by atoms with Crippen LogP contribution in [0.1, 0.15) is 11.9 Å². The van der Waals surface area contributed by atoms with Gasteiger partial charge in [0.05, 0.1) is 12.6 Å². The van der Waals surface area contributed by atoms with Crippen molar-refractivity contribution in [2.24, 2.45) is 5.73 Å². The van der Waals surface area contributed by atoms with Gasteiger partial charge in [0.1, 0.15) is 5.82 Å². The van der Waals surface area contributed by atoms with Crippen LogP contribution >= 0.6 is 0 Å². The average molecular weight is 224 g/mol. The number of H-pyrrole nitrogens is 2. The topological polar surface area (TPSA) is 136 Å². The maximum Gasteiger partial charge on any atom is 0.278 e. The van der Waals surface area contributed by atoms with Crippen molar-refractivity contribution in [3.05, 3.63) is 16.2 Å². The van der Waals surface area contributed by atoms with E-state index in [1.165, 1.54) is 7.11 Å². The van der Waals surface area contributed by atoms with Crippen molar-refractivity contribution in [2.45, 2.75) is 6.04 Å². The molecule has 0 fully saturated rings. The first-order chi connectivity index (χ1) is 7.61. The molecule has 0 amide bonds. The zero-order valence-electron chi connectivity index (χ0n) is 8.65. The molecule has 0 aliphatic carbocycles. The summed E-state index contributed by atoms with van der Waals surface area (Å²) < 4.78 is 4.89. The van der Waals surface area contributed by atoms with E-state index in [1.54, 1.807) is 0 Å². The molecule has 0 aliphatic heterocycles. The van der Waals surface area contributed by atoms with Crippen molar-refractivity contribution in [3.63, 3.8) is 0 Å². The van der Waals surface area contributed by atoms with Crippen molar-refractivity contribution in [2.75, 3.05) is 19.5 Å². The summed E-state index contributed by atoms with van der Waals surface area (Å²) in [5, 5.41) is 0. The van der Waals surface area contributed by atoms with Gasteiger partial charge < -0.3 is 21.2 Å². The number of nitrogens with two attached hydrogens (primary N) is 2. The Morgan fingerprint density at radius 3 is 2.88 bits per heavy atom. The number of fused-ring (bicyclic) bond motifs is 1. The lowest BCUT2D eigenvalue weighted by molar-refractivity contribution is 0.178. The first-order valence-corrected chi connectivity index (χ1v) is 4.61. The van der Waals surface area contributed by atoms with E-state index in [4.69, 9.17) is 16.2 Å². The van der Waals surface area contributed by atoms with Crippen LogP contribution in [0.15, 0.2) is 4.79 Å². The molecule has 8 nitrogen and oxygen atoms in total. The number of rotatable bonds is 3. The van der Waals surface area contributed by atoms with Crippen molar-refractivity contribution >= 4 is 17.1 Å². The number of methoxy groups -OCH3 is 1. The average Bonchev–Trinajstić information content (AvgIpc) is 2.62. The Labute approximate surface area is 90.0 Å². The molecular formula is C8H12N6O2. The van der Waals surface area contributed by atoms with E-state index in [1.807, 2.05) is 0 Å². The molecular weight excluding hydrogens is 212 g/mol. The molecule has 8 heteroatoms. The molecule has 0 aromatic carbocycles. The van der Waals surface area contributed by atoms with Gasteiger partial charge in [-0.2, -0.15) is 4.98 Å². The Balaban J connectivity index is 2.51. The number of aromatic nitrogens is 4. The first-order valence-electron chi connectivity index (χ1n) is 4.61. The molecule has 0 radical (unpaired) electrons. The van der Waals surface area contributed by atoms with Crippen LogP contribution in [0.5, 0.6) is 0 Å². The minimum Gasteiger partial charge on any atom is -0.383 e. The van der Waals surface area contributed by atoms with Gasteiger partial charge in [-0.25, -0.2) is 4.98 Å². The molecule has 2 aromatic heterocycles. The lowest BCUT2D eigenvalue weighted by atomic mass is 10.3. The molecule has 86 valence electrons. The minimum absolute atomic E-state index is 0.0239. The zero-order valence-corrected chi connectivity index (χ0v) is 8.65. The Hall–Kier alpha value is -1.93. The van der Waals surface area contributed by atoms with Gasteiger partial charge in [-0.1, -0.05) is 0 Å². The van der Waals surface area contributed by atoms with E-state index in [9.17, 15) is 4.79 Å². The molecule has 0 spiro atoms. The predicted octanol–water partition coefficient (Wildman–Crippen LogP) is -1.13. The molecule has 0 saturated heterocycles. The van der Waals surface area contributed by atoms with Crippen LogP contribution in [-0.2, 0) is 4.74 Å². The fraction of sp³-hybridized carbons (Fsp3) is 0.375. The lowest BCUT2D eigenvalue weighted by Crippen LogP contribution is -2.17. The standard InChI is InChI=1S/C8H12N6O2/c1-16-2-3(9)5-11-4-6(12-5)13-8(10)14-7(4)15/h3H,2,9H2,1H3,(H4,10,11,12,13,14,15). The maximum absolute atomic E-state index is 11.5. The molecule has 1 unspecified atom stereocenters. The van der Waals surface area contributed by atoms with Crippen LogP contribution in [0, 0.1) is 0 Å². The molecule has 2 rings (SSSR count). The number of nitrogen functional groups attached to an aromatic ring is 1. The highest BCUT2D eigenvalue weighted by Gasteiger charge is 2.13. The molecule has 0 saturated carbocycles. The molecule has 1 atom stereocenters. The molecule has 6 N–H and O–H groups in total. The minimum atomic E-state index is -0.431. The number of nitrogens with zero attached hydrogens (tertiary/aromatic N) is 2. The van der Waals surface area contributed by atoms with Crippen LogP contribution in [0.25, 0.3) is 11.2 Å². The lowest BCUT2D eigenvalue weighted by Gasteiger charge is -2.05. The second kappa shape index (κ2) is 3.91. The van der Waals surface area contributed by atoms with E-state index in [0.717, 1.165) is 0 Å². The second-order valence-corrected chi connectivity index (χ2v) is 3.33. The van der Waals surface area contributed by atoms with Crippen LogP contribution in [0.4, 0.5) is 5.95 Å². The highest BCUT2D eigenvalue weighted by atomic mass is 16.5. The largest absolute Gasteiger partial charge is 0.383 e. The summed E-state index contributed by atoms with van der Waals surface area (Å²) in [6.45, 7) is 0.299. The van der Waals surface area contributed by atoms with Gasteiger partial charge in [0.2, 0.25) is 5.95 Å². The van der Waals surface area contributed by atoms with Gasteiger partial charge in [0.15, 0.2) is 11.2 Å². The zero-order chi connectivity index (χ0) is 11.7. The third-order valence-corrected chi connectivity index (χ3v) is 2.10. The Kier molecular flexibility index (Phi) is 2.59. The summed E-state index contributed by atoms with van der Waals surface area (Å²) in [7, 11) is 1.53. The number of hydrogen-bond acceptors (Lipinski definition) is 6. The van der Waals surface area contributed by atoms with Crippen molar-refractivity contribution in [1.82, 2.24) is 19.9 Å². The fourth-order valence-electron chi connectivity index (χ4n) is 1.38. The summed E-state index contributed by atoms with van der Waals surface area (Å²) in [5.74, 6) is 0.469. The number of imidazole rings is 1. The summed E-state index contributed by atoms with van der Waals surface area (Å²) in [6.07, 6.45) is 0. The SMILES string of the molecule is COCC(N)c1nc2nc(N)[nH]c(=O)c2[nH]1. The summed E-state index contributed by atoms with van der Waals surface area (Å²) in [4.78, 5) is 24.6. The number of nitrogens with one attached hydrogen (secondary N) is 2. The summed E-state index contributed by atoms with van der Waals surface area (Å²) in [6, 6.07) is -0.431. The first kappa shape index (κ1) is 10.6. The molecule has 16 heavy (non-hydrogen) atoms. The molecule has 0 bridgehead atoms. The van der Waals surface area contributed by atoms with Gasteiger partial charge in [-0.3, -0.25) is 9.78 Å². The summed E-state index contributed by atoms with van der Waals surface area (Å²) >= 11 is 0. The molecule has 0 aliphatic rings.